The summed E-state index contributed by atoms with van der Waals surface area (Å²) in [7, 11) is 0. The summed E-state index contributed by atoms with van der Waals surface area (Å²) in [5, 5.41) is -1.02. The number of esters is 3. The fourth-order valence-corrected chi connectivity index (χ4v) is 11.1. The van der Waals surface area contributed by atoms with Crippen molar-refractivity contribution in [3.8, 4) is 0 Å². The Morgan fingerprint density at radius 3 is 0.726 bits per heavy atom. The zero-order valence-electron chi connectivity index (χ0n) is 53.4. The van der Waals surface area contributed by atoms with Crippen LogP contribution >= 0.6 is 35.3 Å². The largest absolute Gasteiger partial charge is 0.461 e. The van der Waals surface area contributed by atoms with Crippen LogP contribution in [0.2, 0.25) is 0 Å². The van der Waals surface area contributed by atoms with Crippen LogP contribution in [0.3, 0.4) is 0 Å². The first-order valence-corrected chi connectivity index (χ1v) is 35.7. The van der Waals surface area contributed by atoms with E-state index in [2.05, 4.69) is 203 Å². The Kier molecular flexibility index (Phi) is 62.6. The first-order chi connectivity index (χ1) is 41.4. The van der Waals surface area contributed by atoms with Gasteiger partial charge in [0.15, 0.2) is 6.10 Å². The van der Waals surface area contributed by atoms with Gasteiger partial charge < -0.3 is 14.2 Å². The highest BCUT2D eigenvalue weighted by Gasteiger charge is 2.28. The van der Waals surface area contributed by atoms with Gasteiger partial charge in [0, 0.05) is 0 Å². The van der Waals surface area contributed by atoms with Gasteiger partial charge >= 0.3 is 17.9 Å². The Morgan fingerprint density at radius 2 is 0.500 bits per heavy atom. The van der Waals surface area contributed by atoms with Crippen LogP contribution in [0.1, 0.15) is 215 Å². The summed E-state index contributed by atoms with van der Waals surface area (Å²) in [5.74, 6) is 1.53. The third kappa shape index (κ3) is 55.4. The molecule has 0 aliphatic heterocycles. The van der Waals surface area contributed by atoms with E-state index in [1.165, 1.54) is 0 Å². The maximum atomic E-state index is 13.7. The second kappa shape index (κ2) is 66.1. The molecule has 84 heavy (non-hydrogen) atoms. The van der Waals surface area contributed by atoms with Crippen molar-refractivity contribution in [3.63, 3.8) is 0 Å². The lowest BCUT2D eigenvalue weighted by molar-refractivity contribution is -0.166. The Morgan fingerprint density at radius 1 is 0.286 bits per heavy atom. The normalized spacial score (nSPS) is 14.5. The van der Waals surface area contributed by atoms with E-state index in [1.54, 1.807) is 35.3 Å². The van der Waals surface area contributed by atoms with Crippen molar-refractivity contribution >= 4 is 53.2 Å². The topological polar surface area (TPSA) is 78.9 Å². The number of hydrogen-bond acceptors (Lipinski definition) is 9. The molecule has 470 valence electrons. The second-order valence-electron chi connectivity index (χ2n) is 20.2. The van der Waals surface area contributed by atoms with Crippen LogP contribution in [0.5, 0.6) is 0 Å². The average molecular weight is 1210 g/mol. The molecule has 0 saturated heterocycles. The lowest BCUT2D eigenvalue weighted by Gasteiger charge is -2.23. The summed E-state index contributed by atoms with van der Waals surface area (Å²) in [4.78, 5) is 40.6. The van der Waals surface area contributed by atoms with Crippen molar-refractivity contribution < 1.29 is 28.6 Å². The molecule has 0 N–H and O–H groups in total. The SMILES string of the molecule is CCC=CCC=CCC=CCC=CCC=CCCCCSC(CC)C(=O)OCC(COC(=O)C(CC)SCCCCC=CCC=CCC=CCC=CCC=CCC)OC(=O)C(CC)SCCCCC=CCC=CCC=CCC=CCC=CCC. The van der Waals surface area contributed by atoms with E-state index in [0.29, 0.717) is 19.3 Å². The van der Waals surface area contributed by atoms with Gasteiger partial charge in [-0.15, -0.1) is 35.3 Å². The highest BCUT2D eigenvalue weighted by Crippen LogP contribution is 2.23. The average Bonchev–Trinajstić information content (AvgIpc) is 3.59. The molecule has 0 bridgehead atoms. The number of unbranched alkanes of at least 4 members (excludes halogenated alkanes) is 6. The van der Waals surface area contributed by atoms with E-state index in [9.17, 15) is 14.4 Å². The smallest absolute Gasteiger partial charge is 0.319 e. The van der Waals surface area contributed by atoms with Crippen molar-refractivity contribution in [1.29, 1.82) is 0 Å². The number of allylic oxidation sites excluding steroid dienone is 30. The summed E-state index contributed by atoms with van der Waals surface area (Å²) in [6.07, 6.45) is 91.5. The van der Waals surface area contributed by atoms with Crippen molar-refractivity contribution in [1.82, 2.24) is 0 Å². The minimum Gasteiger partial charge on any atom is -0.461 e. The summed E-state index contributed by atoms with van der Waals surface area (Å²) >= 11 is 4.84. The number of thioether (sulfide) groups is 3. The number of carbonyl (C=O) groups is 3. The van der Waals surface area contributed by atoms with Crippen molar-refractivity contribution in [2.24, 2.45) is 0 Å². The summed E-state index contributed by atoms with van der Waals surface area (Å²) < 4.78 is 17.8. The molecule has 9 heteroatoms. The molecule has 0 aromatic rings. The van der Waals surface area contributed by atoms with E-state index < -0.39 is 6.10 Å². The Hall–Kier alpha value is -4.44. The van der Waals surface area contributed by atoms with Crippen molar-refractivity contribution in [3.05, 3.63) is 182 Å². The first kappa shape index (κ1) is 79.6. The molecule has 6 nitrogen and oxygen atoms in total. The highest BCUT2D eigenvalue weighted by atomic mass is 32.2. The van der Waals surface area contributed by atoms with Gasteiger partial charge in [-0.3, -0.25) is 14.4 Å². The molecule has 0 aromatic heterocycles. The first-order valence-electron chi connectivity index (χ1n) is 32.5. The number of carbonyl (C=O) groups excluding carboxylic acids is 3. The standard InChI is InChI=1S/C75H116O6S3/c1-7-13-16-19-22-25-28-31-34-37-40-43-46-49-52-55-58-61-64-82-70(10-4)73(76)79-67-69(81-75(78)72(12-6)84-66-63-60-57-54-51-48-45-42-39-36-33-30-27-24-21-18-15-9-3)68-80-74(77)71(11-5)83-65-62-59-56-53-50-47-44-41-38-35-32-29-26-23-20-17-14-8-2/h13-18,22-27,31-36,40-45,49-54,69-72H,7-12,19-21,28-30,37-39,46-48,55-68H2,1-6H3. The van der Waals surface area contributed by atoms with Crippen LogP contribution in [0.4, 0.5) is 0 Å². The van der Waals surface area contributed by atoms with Gasteiger partial charge in [0.05, 0.1) is 0 Å². The van der Waals surface area contributed by atoms with Gasteiger partial charge in [-0.1, -0.05) is 224 Å². The molecule has 0 spiro atoms. The molecule has 0 saturated carbocycles. The number of hydrogen-bond donors (Lipinski definition) is 0. The molecule has 0 radical (unpaired) electrons. The predicted octanol–water partition coefficient (Wildman–Crippen LogP) is 22.3. The van der Waals surface area contributed by atoms with E-state index in [-0.39, 0.29) is 46.9 Å². The predicted molar refractivity (Wildman–Crippen MR) is 376 cm³/mol. The van der Waals surface area contributed by atoms with Gasteiger partial charge in [-0.05, 0) is 191 Å². The Balaban J connectivity index is 5.14. The minimum atomic E-state index is -0.896. The molecule has 3 atom stereocenters. The summed E-state index contributed by atoms with van der Waals surface area (Å²) in [6.45, 7) is 12.1. The lowest BCUT2D eigenvalue weighted by Crippen LogP contribution is -2.36. The fraction of sp³-hybridized carbons (Fsp3) is 0.560. The third-order valence-electron chi connectivity index (χ3n) is 12.7. The highest BCUT2D eigenvalue weighted by molar-refractivity contribution is 8.01. The molecule has 0 amide bonds. The molecule has 0 aliphatic rings. The molecule has 3 unspecified atom stereocenters. The zero-order valence-corrected chi connectivity index (χ0v) is 55.9. The second-order valence-corrected chi connectivity index (χ2v) is 24.2. The number of ether oxygens (including phenoxy) is 3. The molecule has 0 rings (SSSR count). The van der Waals surface area contributed by atoms with Gasteiger partial charge in [0.1, 0.15) is 29.0 Å². The minimum absolute atomic E-state index is 0.160. The van der Waals surface area contributed by atoms with Crippen LogP contribution in [0.25, 0.3) is 0 Å². The van der Waals surface area contributed by atoms with Crippen LogP contribution in [-0.2, 0) is 28.6 Å². The van der Waals surface area contributed by atoms with Crippen LogP contribution in [0, 0.1) is 0 Å². The Bertz CT molecular complexity index is 1930. The van der Waals surface area contributed by atoms with Gasteiger partial charge in [-0.25, -0.2) is 0 Å². The van der Waals surface area contributed by atoms with Gasteiger partial charge in [0.25, 0.3) is 0 Å². The molecule has 0 fully saturated rings. The molecule has 0 aliphatic carbocycles. The van der Waals surface area contributed by atoms with E-state index in [0.717, 1.165) is 171 Å². The molecular formula is C75H116O6S3. The lowest BCUT2D eigenvalue weighted by atomic mass is 10.2. The van der Waals surface area contributed by atoms with Crippen LogP contribution in [-0.4, -0.2) is 70.2 Å². The fourth-order valence-electron chi connectivity index (χ4n) is 7.83. The third-order valence-corrected chi connectivity index (χ3v) is 17.1. The van der Waals surface area contributed by atoms with Crippen molar-refractivity contribution in [2.75, 3.05) is 30.5 Å². The van der Waals surface area contributed by atoms with E-state index in [4.69, 9.17) is 14.2 Å². The molecular weight excluding hydrogens is 1090 g/mol. The van der Waals surface area contributed by atoms with Crippen LogP contribution < -0.4 is 0 Å². The van der Waals surface area contributed by atoms with Crippen LogP contribution in [0.15, 0.2) is 182 Å². The molecule has 0 heterocycles. The maximum Gasteiger partial charge on any atom is 0.319 e. The quantitative estimate of drug-likeness (QED) is 0.0256. The Labute approximate surface area is 528 Å². The van der Waals surface area contributed by atoms with E-state index >= 15 is 0 Å². The summed E-state index contributed by atoms with van der Waals surface area (Å²) in [6, 6.07) is 0. The monoisotopic (exact) mass is 1210 g/mol. The van der Waals surface area contributed by atoms with Gasteiger partial charge in [0.2, 0.25) is 0 Å². The van der Waals surface area contributed by atoms with E-state index in [1.807, 2.05) is 20.8 Å². The zero-order chi connectivity index (χ0) is 61.1. The van der Waals surface area contributed by atoms with Crippen molar-refractivity contribution in [2.45, 2.75) is 237 Å². The van der Waals surface area contributed by atoms with Gasteiger partial charge in [-0.2, -0.15) is 0 Å². The molecule has 0 aromatic carbocycles. The number of rotatable bonds is 56. The maximum absolute atomic E-state index is 13.7. The summed E-state index contributed by atoms with van der Waals surface area (Å²) in [5.41, 5.74) is 0.